The highest BCUT2D eigenvalue weighted by molar-refractivity contribution is 5.97. The zero-order valence-electron chi connectivity index (χ0n) is 20.7. The Morgan fingerprint density at radius 3 is 2.03 bits per heavy atom. The molecular weight excluding hydrogens is 472 g/mol. The smallest absolute Gasteiger partial charge is 0.340 e. The molecule has 2 aliphatic rings. The number of para-hydroxylation sites is 2. The SMILES string of the molecule is Cc1cc2c(cc1Nc1ccccc1)C1(OC(=O)c3ccccc31)c1ccc(Nc3ccccc3)cc1O2. The minimum absolute atomic E-state index is 0.343. The summed E-state index contributed by atoms with van der Waals surface area (Å²) >= 11 is 0. The van der Waals surface area contributed by atoms with E-state index in [1.54, 1.807) is 0 Å². The summed E-state index contributed by atoms with van der Waals surface area (Å²) in [4.78, 5) is 13.2. The van der Waals surface area contributed by atoms with Gasteiger partial charge in [0.05, 0.1) is 5.56 Å². The molecule has 7 rings (SSSR count). The Bertz CT molecular complexity index is 1700. The molecule has 5 aromatic carbocycles. The fourth-order valence-electron chi connectivity index (χ4n) is 5.40. The van der Waals surface area contributed by atoms with E-state index in [0.717, 1.165) is 45.0 Å². The van der Waals surface area contributed by atoms with Gasteiger partial charge in [0, 0.05) is 45.5 Å². The number of hydrogen-bond donors (Lipinski definition) is 2. The first kappa shape index (κ1) is 22.2. The molecule has 38 heavy (non-hydrogen) atoms. The summed E-state index contributed by atoms with van der Waals surface area (Å²) < 4.78 is 12.9. The molecule has 2 heterocycles. The van der Waals surface area contributed by atoms with Gasteiger partial charge in [0.15, 0.2) is 5.60 Å². The molecule has 2 aliphatic heterocycles. The minimum Gasteiger partial charge on any atom is -0.456 e. The summed E-state index contributed by atoms with van der Waals surface area (Å²) in [5, 5.41) is 6.95. The standard InChI is InChI=1S/C33H24N2O3/c1-21-18-30-28(20-29(21)35-23-12-6-3-7-13-23)33(26-15-9-8-14-25(26)32(36)38-33)27-17-16-24(19-31(27)37-30)34-22-10-4-2-5-11-22/h2-20,34-35H,1H3. The quantitative estimate of drug-likeness (QED) is 0.247. The Balaban J connectivity index is 1.41. The maximum Gasteiger partial charge on any atom is 0.340 e. The fraction of sp³-hybridized carbons (Fsp3) is 0.0606. The van der Waals surface area contributed by atoms with Crippen LogP contribution < -0.4 is 15.4 Å². The van der Waals surface area contributed by atoms with Crippen LogP contribution in [0.4, 0.5) is 22.7 Å². The van der Waals surface area contributed by atoms with Crippen LogP contribution in [0.25, 0.3) is 0 Å². The molecule has 1 spiro atoms. The van der Waals surface area contributed by atoms with Crippen molar-refractivity contribution < 1.29 is 14.3 Å². The average molecular weight is 497 g/mol. The molecule has 5 aromatic rings. The molecule has 5 nitrogen and oxygen atoms in total. The Morgan fingerprint density at radius 2 is 1.26 bits per heavy atom. The van der Waals surface area contributed by atoms with Gasteiger partial charge in [-0.25, -0.2) is 4.79 Å². The van der Waals surface area contributed by atoms with Crippen molar-refractivity contribution in [1.29, 1.82) is 0 Å². The highest BCUT2D eigenvalue weighted by Crippen LogP contribution is 2.57. The molecule has 0 bridgehead atoms. The molecule has 0 saturated carbocycles. The van der Waals surface area contributed by atoms with Crippen LogP contribution in [0.1, 0.15) is 32.6 Å². The Morgan fingerprint density at radius 1 is 0.605 bits per heavy atom. The molecule has 1 unspecified atom stereocenters. The number of fused-ring (bicyclic) bond motifs is 6. The molecule has 0 aliphatic carbocycles. The number of anilines is 4. The molecule has 0 fully saturated rings. The second-order valence-corrected chi connectivity index (χ2v) is 9.57. The molecule has 0 aromatic heterocycles. The third-order valence-electron chi connectivity index (χ3n) is 7.17. The van der Waals surface area contributed by atoms with E-state index in [0.29, 0.717) is 17.1 Å². The molecular formula is C33H24N2O3. The first-order chi connectivity index (χ1) is 18.6. The van der Waals surface area contributed by atoms with Crippen molar-refractivity contribution in [3.05, 3.63) is 143 Å². The predicted octanol–water partition coefficient (Wildman–Crippen LogP) is 8.05. The normalized spacial score (nSPS) is 16.6. The van der Waals surface area contributed by atoms with Gasteiger partial charge in [-0.2, -0.15) is 0 Å². The molecule has 5 heteroatoms. The van der Waals surface area contributed by atoms with Crippen LogP contribution in [0.5, 0.6) is 11.5 Å². The van der Waals surface area contributed by atoms with E-state index < -0.39 is 5.60 Å². The number of rotatable bonds is 4. The van der Waals surface area contributed by atoms with Gasteiger partial charge in [-0.1, -0.05) is 54.6 Å². The monoisotopic (exact) mass is 496 g/mol. The van der Waals surface area contributed by atoms with Crippen molar-refractivity contribution in [3.63, 3.8) is 0 Å². The van der Waals surface area contributed by atoms with Gasteiger partial charge in [0.1, 0.15) is 11.5 Å². The molecule has 0 radical (unpaired) electrons. The number of nitrogens with one attached hydrogen (secondary N) is 2. The van der Waals surface area contributed by atoms with E-state index in [2.05, 4.69) is 10.6 Å². The van der Waals surface area contributed by atoms with E-state index >= 15 is 0 Å². The van der Waals surface area contributed by atoms with Crippen LogP contribution in [-0.4, -0.2) is 5.97 Å². The van der Waals surface area contributed by atoms with Gasteiger partial charge in [0.2, 0.25) is 0 Å². The first-order valence-electron chi connectivity index (χ1n) is 12.6. The second kappa shape index (κ2) is 8.53. The Kier molecular flexibility index (Phi) is 4.98. The first-order valence-corrected chi connectivity index (χ1v) is 12.6. The van der Waals surface area contributed by atoms with Crippen molar-refractivity contribution in [2.45, 2.75) is 12.5 Å². The van der Waals surface area contributed by atoms with E-state index in [1.807, 2.05) is 122 Å². The van der Waals surface area contributed by atoms with Crippen molar-refractivity contribution in [2.75, 3.05) is 10.6 Å². The van der Waals surface area contributed by atoms with Crippen LogP contribution >= 0.6 is 0 Å². The second-order valence-electron chi connectivity index (χ2n) is 9.57. The zero-order chi connectivity index (χ0) is 25.7. The number of carbonyl (C=O) groups is 1. The van der Waals surface area contributed by atoms with Crippen LogP contribution in [-0.2, 0) is 10.3 Å². The zero-order valence-corrected chi connectivity index (χ0v) is 20.7. The van der Waals surface area contributed by atoms with Gasteiger partial charge >= 0.3 is 5.97 Å². The van der Waals surface area contributed by atoms with Crippen LogP contribution in [0.3, 0.4) is 0 Å². The topological polar surface area (TPSA) is 59.6 Å². The summed E-state index contributed by atoms with van der Waals surface area (Å²) in [5.41, 5.74) is 6.60. The minimum atomic E-state index is -1.12. The van der Waals surface area contributed by atoms with Gasteiger partial charge in [-0.15, -0.1) is 0 Å². The van der Waals surface area contributed by atoms with Crippen LogP contribution in [0.15, 0.2) is 115 Å². The summed E-state index contributed by atoms with van der Waals surface area (Å²) in [6.45, 7) is 2.04. The van der Waals surface area contributed by atoms with E-state index in [9.17, 15) is 4.79 Å². The number of carbonyl (C=O) groups excluding carboxylic acids is 1. The fourth-order valence-corrected chi connectivity index (χ4v) is 5.40. The van der Waals surface area contributed by atoms with Crippen molar-refractivity contribution in [1.82, 2.24) is 0 Å². The van der Waals surface area contributed by atoms with Gasteiger partial charge < -0.3 is 20.1 Å². The van der Waals surface area contributed by atoms with Crippen LogP contribution in [0.2, 0.25) is 0 Å². The number of hydrogen-bond acceptors (Lipinski definition) is 5. The third-order valence-corrected chi connectivity index (χ3v) is 7.17. The summed E-state index contributed by atoms with van der Waals surface area (Å²) in [6, 6.07) is 37.6. The summed E-state index contributed by atoms with van der Waals surface area (Å²) in [5.74, 6) is 0.963. The number of benzene rings is 5. The predicted molar refractivity (Wildman–Crippen MR) is 149 cm³/mol. The highest BCUT2D eigenvalue weighted by atomic mass is 16.6. The lowest BCUT2D eigenvalue weighted by Crippen LogP contribution is -2.33. The van der Waals surface area contributed by atoms with Gasteiger partial charge in [-0.3, -0.25) is 0 Å². The Labute approximate surface area is 220 Å². The Hall–Kier alpha value is -5.03. The molecule has 0 saturated heterocycles. The molecule has 1 atom stereocenters. The van der Waals surface area contributed by atoms with Crippen molar-refractivity contribution >= 4 is 28.7 Å². The van der Waals surface area contributed by atoms with E-state index in [-0.39, 0.29) is 5.97 Å². The van der Waals surface area contributed by atoms with Gasteiger partial charge in [-0.05, 0) is 67.1 Å². The van der Waals surface area contributed by atoms with Crippen LogP contribution in [0, 0.1) is 6.92 Å². The highest BCUT2D eigenvalue weighted by Gasteiger charge is 2.53. The molecule has 2 N–H and O–H groups in total. The van der Waals surface area contributed by atoms with Gasteiger partial charge in [0.25, 0.3) is 0 Å². The number of aryl methyl sites for hydroxylation is 1. The lowest BCUT2D eigenvalue weighted by atomic mass is 9.77. The lowest BCUT2D eigenvalue weighted by molar-refractivity contribution is 0.0224. The molecule has 184 valence electrons. The number of ether oxygens (including phenoxy) is 2. The van der Waals surface area contributed by atoms with Crippen molar-refractivity contribution in [3.8, 4) is 11.5 Å². The lowest BCUT2D eigenvalue weighted by Gasteiger charge is -2.37. The largest absolute Gasteiger partial charge is 0.456 e. The maximum atomic E-state index is 13.2. The summed E-state index contributed by atoms with van der Waals surface area (Å²) in [6.07, 6.45) is 0. The molecule has 0 amide bonds. The van der Waals surface area contributed by atoms with Crippen molar-refractivity contribution in [2.24, 2.45) is 0 Å². The maximum absolute atomic E-state index is 13.2. The third kappa shape index (κ3) is 3.44. The average Bonchev–Trinajstić information content (AvgIpc) is 3.23. The van der Waals surface area contributed by atoms with E-state index in [4.69, 9.17) is 9.47 Å². The van der Waals surface area contributed by atoms with E-state index in [1.165, 1.54) is 0 Å². The summed E-state index contributed by atoms with van der Waals surface area (Å²) in [7, 11) is 0. The number of esters is 1.